The molecular formula is C16H22Cl2NO4RuS-. The number of nitrogens with zero attached hydrogens (tertiary/aromatic N) is 1. The molecule has 2 rings (SSSR count). The summed E-state index contributed by atoms with van der Waals surface area (Å²) in [6, 6.07) is 7.39. The molecule has 0 amide bonds. The van der Waals surface area contributed by atoms with Crippen molar-refractivity contribution < 1.29 is 31.5 Å². The second-order valence-corrected chi connectivity index (χ2v) is 13.1. The largest absolute Gasteiger partial charge is 0.352 e. The van der Waals surface area contributed by atoms with Gasteiger partial charge in [0.2, 0.25) is 0 Å². The molecule has 25 heavy (non-hydrogen) atoms. The van der Waals surface area contributed by atoms with Crippen LogP contribution < -0.4 is 4.74 Å². The van der Waals surface area contributed by atoms with Gasteiger partial charge in [-0.25, -0.2) is 15.0 Å². The SMILES string of the molecule is CC(=O)C(C)Oc1ccccc1[CH]=[Ru]([Cl])[Cl].CS(=O)(=O)N1[CH-]CCC1. The number of sulfonamides is 1. The summed E-state index contributed by atoms with van der Waals surface area (Å²) in [5.41, 5.74) is 0.847. The van der Waals surface area contributed by atoms with Gasteiger partial charge in [0.1, 0.15) is 0 Å². The number of Topliss-reactive ketones (excluding diaryl/α,β-unsaturated/α-hetero) is 1. The van der Waals surface area contributed by atoms with Crippen LogP contribution in [0.25, 0.3) is 0 Å². The maximum absolute atomic E-state index is 11.1. The molecule has 0 aromatic heterocycles. The molecule has 1 aliphatic heterocycles. The Morgan fingerprint density at radius 3 is 2.48 bits per heavy atom. The fraction of sp³-hybridized carbons (Fsp3) is 0.438. The van der Waals surface area contributed by atoms with Gasteiger partial charge in [0.25, 0.3) is 0 Å². The number of halogens is 2. The molecule has 0 saturated carbocycles. The van der Waals surface area contributed by atoms with Crippen LogP contribution in [0.1, 0.15) is 32.3 Å². The zero-order chi connectivity index (χ0) is 19.0. The number of ketones is 1. The molecular weight excluding hydrogens is 474 g/mol. The maximum Gasteiger partial charge on any atom is 0.184 e. The molecule has 1 saturated heterocycles. The van der Waals surface area contributed by atoms with E-state index in [4.69, 9.17) is 24.1 Å². The topological polar surface area (TPSA) is 63.7 Å². The van der Waals surface area contributed by atoms with Gasteiger partial charge >= 0.3 is 108 Å². The first-order valence-electron chi connectivity index (χ1n) is 7.50. The molecule has 1 aromatic carbocycles. The first-order chi connectivity index (χ1) is 11.6. The first kappa shape index (κ1) is 22.7. The Labute approximate surface area is 162 Å². The summed E-state index contributed by atoms with van der Waals surface area (Å²) in [6.07, 6.45) is 2.63. The number of rotatable bonds is 5. The summed E-state index contributed by atoms with van der Waals surface area (Å²) >= 11 is -1.88. The van der Waals surface area contributed by atoms with Crippen LogP contribution in [-0.2, 0) is 28.3 Å². The number of para-hydroxylation sites is 1. The number of benzene rings is 1. The van der Waals surface area contributed by atoms with Crippen molar-refractivity contribution in [2.75, 3.05) is 12.8 Å². The Hall–Kier alpha value is -0.327. The molecule has 0 bridgehead atoms. The maximum atomic E-state index is 11.1. The average Bonchev–Trinajstić information content (AvgIpc) is 3.03. The van der Waals surface area contributed by atoms with Crippen LogP contribution in [0.5, 0.6) is 5.75 Å². The Bertz CT molecular complexity index is 715. The zero-order valence-electron chi connectivity index (χ0n) is 14.3. The standard InChI is InChI=1S/C11H12O2.C5H10NO2S.2ClH.Ru/c1-8-6-4-5-7-11(8)13-10(3)9(2)12;1-9(7,8)6-4-2-3-5-6;;;/h1,4-7,10H,2-3H3;4H,2-3,5H2,1H3;2*1H;/q;-1;;;+2/p-2. The van der Waals surface area contributed by atoms with Crippen LogP contribution in [-0.4, -0.2) is 42.0 Å². The Balaban J connectivity index is 0.000000293. The van der Waals surface area contributed by atoms with Gasteiger partial charge in [-0.1, -0.05) is 6.42 Å². The van der Waals surface area contributed by atoms with E-state index in [9.17, 15) is 13.2 Å². The molecule has 0 spiro atoms. The van der Waals surface area contributed by atoms with Gasteiger partial charge in [-0.05, 0) is 6.54 Å². The van der Waals surface area contributed by atoms with Gasteiger partial charge in [0.15, 0.2) is 10.0 Å². The molecule has 1 unspecified atom stereocenters. The monoisotopic (exact) mass is 496 g/mol. The molecule has 1 heterocycles. The molecule has 1 aromatic rings. The van der Waals surface area contributed by atoms with Gasteiger partial charge in [-0.3, -0.25) is 0 Å². The van der Waals surface area contributed by atoms with Crippen molar-refractivity contribution in [3.63, 3.8) is 0 Å². The smallest absolute Gasteiger partial charge is 0.184 e. The molecule has 1 atom stereocenters. The normalized spacial score (nSPS) is 16.4. The van der Waals surface area contributed by atoms with Gasteiger partial charge in [-0.15, -0.1) is 0 Å². The molecule has 1 aliphatic rings. The van der Waals surface area contributed by atoms with Crippen molar-refractivity contribution in [2.45, 2.75) is 32.8 Å². The molecule has 0 N–H and O–H groups in total. The first-order valence-corrected chi connectivity index (χ1v) is 14.8. The molecule has 144 valence electrons. The van der Waals surface area contributed by atoms with Crippen LogP contribution in [0.15, 0.2) is 24.3 Å². The van der Waals surface area contributed by atoms with Crippen LogP contribution in [0.3, 0.4) is 0 Å². The minimum absolute atomic E-state index is 0.0132. The summed E-state index contributed by atoms with van der Waals surface area (Å²) in [5.74, 6) is 0.630. The van der Waals surface area contributed by atoms with Crippen molar-refractivity contribution in [1.29, 1.82) is 0 Å². The average molecular weight is 496 g/mol. The van der Waals surface area contributed by atoms with E-state index < -0.39 is 29.6 Å². The van der Waals surface area contributed by atoms with Crippen molar-refractivity contribution >= 4 is 39.8 Å². The van der Waals surface area contributed by atoms with E-state index in [1.54, 1.807) is 24.1 Å². The van der Waals surface area contributed by atoms with Gasteiger partial charge in [0, 0.05) is 0 Å². The molecule has 0 aliphatic carbocycles. The molecule has 0 radical (unpaired) electrons. The van der Waals surface area contributed by atoms with Crippen LogP contribution >= 0.6 is 19.4 Å². The van der Waals surface area contributed by atoms with Crippen molar-refractivity contribution in [3.05, 3.63) is 36.4 Å². The third kappa shape index (κ3) is 8.74. The van der Waals surface area contributed by atoms with E-state index in [2.05, 4.69) is 0 Å². The zero-order valence-corrected chi connectivity index (χ0v) is 18.3. The Kier molecular flexibility index (Phi) is 9.75. The predicted molar refractivity (Wildman–Crippen MR) is 99.2 cm³/mol. The predicted octanol–water partition coefficient (Wildman–Crippen LogP) is 3.32. The van der Waals surface area contributed by atoms with Crippen LogP contribution in [0, 0.1) is 6.54 Å². The Morgan fingerprint density at radius 1 is 1.40 bits per heavy atom. The summed E-state index contributed by atoms with van der Waals surface area (Å²) in [7, 11) is 8.70. The van der Waals surface area contributed by atoms with E-state index >= 15 is 0 Å². The van der Waals surface area contributed by atoms with Gasteiger partial charge in [0.05, 0.1) is 6.26 Å². The summed E-state index contributed by atoms with van der Waals surface area (Å²) in [4.78, 5) is 11.1. The van der Waals surface area contributed by atoms with E-state index in [1.165, 1.54) is 17.5 Å². The minimum atomic E-state index is -2.92. The molecule has 1 fully saturated rings. The quantitative estimate of drug-likeness (QED) is 0.464. The van der Waals surface area contributed by atoms with E-state index in [0.29, 0.717) is 12.3 Å². The van der Waals surface area contributed by atoms with Crippen molar-refractivity contribution in [3.8, 4) is 5.75 Å². The third-order valence-corrected chi connectivity index (χ3v) is 6.34. The van der Waals surface area contributed by atoms with Crippen LogP contribution in [0.2, 0.25) is 0 Å². The van der Waals surface area contributed by atoms with Gasteiger partial charge in [-0.2, -0.15) is 6.42 Å². The molecule has 5 nitrogen and oxygen atoms in total. The third-order valence-electron chi connectivity index (χ3n) is 3.32. The summed E-state index contributed by atoms with van der Waals surface area (Å²) in [6.45, 7) is 5.61. The van der Waals surface area contributed by atoms with E-state index in [-0.39, 0.29) is 5.78 Å². The summed E-state index contributed by atoms with van der Waals surface area (Å²) in [5, 5.41) is 0. The minimum Gasteiger partial charge on any atom is -0.352 e. The number of ether oxygens (including phenoxy) is 1. The fourth-order valence-corrected chi connectivity index (χ4v) is 4.55. The molecule has 9 heteroatoms. The van der Waals surface area contributed by atoms with Crippen molar-refractivity contribution in [2.24, 2.45) is 0 Å². The second-order valence-electron chi connectivity index (χ2n) is 5.41. The summed E-state index contributed by atoms with van der Waals surface area (Å²) < 4.78 is 30.2. The second kappa shape index (κ2) is 10.7. The fourth-order valence-electron chi connectivity index (χ4n) is 1.90. The Morgan fingerprint density at radius 2 is 2.04 bits per heavy atom. The van der Waals surface area contributed by atoms with Crippen molar-refractivity contribution in [1.82, 2.24) is 4.31 Å². The number of carbonyl (C=O) groups excluding carboxylic acids is 1. The van der Waals surface area contributed by atoms with E-state index in [0.717, 1.165) is 18.4 Å². The van der Waals surface area contributed by atoms with Gasteiger partial charge < -0.3 is 4.31 Å². The van der Waals surface area contributed by atoms with Crippen LogP contribution in [0.4, 0.5) is 0 Å². The van der Waals surface area contributed by atoms with E-state index in [1.807, 2.05) is 18.2 Å². The number of hydrogen-bond acceptors (Lipinski definition) is 4. The number of carbonyl (C=O) groups is 1. The number of hydrogen-bond donors (Lipinski definition) is 0.